The fourth-order valence-electron chi connectivity index (χ4n) is 0. The summed E-state index contributed by atoms with van der Waals surface area (Å²) in [6.45, 7) is 0. The molecule has 0 saturated heterocycles. The largest absolute Gasteiger partial charge is 0.579 e. The highest BCUT2D eigenvalue weighted by Crippen LogP contribution is 1.75. The zero-order valence-corrected chi connectivity index (χ0v) is 3.88. The molecule has 3 N–H and O–H groups in total. The first-order chi connectivity index (χ1) is 2.94. The summed E-state index contributed by atoms with van der Waals surface area (Å²) in [5.41, 5.74) is 5.78. The van der Waals surface area contributed by atoms with Crippen LogP contribution in [0.15, 0.2) is 0 Å². The van der Waals surface area contributed by atoms with Crippen molar-refractivity contribution in [2.75, 3.05) is 0 Å². The highest BCUT2D eigenvalue weighted by atomic mass is 32.2. The highest BCUT2D eigenvalue weighted by Gasteiger charge is 2.19. The molecule has 0 amide bonds. The van der Waals surface area contributed by atoms with Gasteiger partial charge in [-0.2, -0.15) is 0 Å². The van der Waals surface area contributed by atoms with E-state index in [2.05, 4.69) is 0 Å². The molecule has 0 aromatic carbocycles. The van der Waals surface area contributed by atoms with Crippen molar-refractivity contribution in [3.63, 3.8) is 0 Å². The Kier molecular flexibility index (Phi) is 1.29. The van der Waals surface area contributed by atoms with Crippen molar-refractivity contribution in [2.45, 2.75) is 0 Å². The van der Waals surface area contributed by atoms with E-state index in [4.69, 9.17) is 15.3 Å². The summed E-state index contributed by atoms with van der Waals surface area (Å²) in [7, 11) is -4.69. The molecule has 0 aromatic rings. The van der Waals surface area contributed by atoms with Gasteiger partial charge >= 0.3 is 10.3 Å². The summed E-state index contributed by atoms with van der Waals surface area (Å²) in [6, 6.07) is 0. The van der Waals surface area contributed by atoms with Crippen molar-refractivity contribution in [1.82, 2.24) is 0 Å². The van der Waals surface area contributed by atoms with Crippen LogP contribution in [0.2, 0.25) is 0 Å². The standard InChI is InChI=1S/H2N2O4S/c1-2(3)7(4,5)6/h(H2-,1,3,4,5,6)/p+1. The number of nitrogens with zero attached hydrogens (tertiary/aromatic N) is 1. The maximum Gasteiger partial charge on any atom is 0.579 e. The molecular formula is H3N2O4S+. The van der Waals surface area contributed by atoms with Crippen LogP contribution in [0.5, 0.6) is 0 Å². The van der Waals surface area contributed by atoms with Gasteiger partial charge in [0.2, 0.25) is 4.27 Å². The number of rotatable bonds is 1. The lowest BCUT2D eigenvalue weighted by atomic mass is 13.1. The second kappa shape index (κ2) is 1.43. The van der Waals surface area contributed by atoms with E-state index in [1.165, 1.54) is 0 Å². The van der Waals surface area contributed by atoms with Gasteiger partial charge in [-0.3, -0.25) is 0 Å². The molecule has 7 heteroatoms. The van der Waals surface area contributed by atoms with Crippen molar-refractivity contribution in [1.29, 1.82) is 5.53 Å². The lowest BCUT2D eigenvalue weighted by Crippen LogP contribution is -2.11. The smallest absolute Gasteiger partial charge is 0.247 e. The molecule has 0 fully saturated rings. The van der Waals surface area contributed by atoms with Gasteiger partial charge in [0.1, 0.15) is 0 Å². The zero-order chi connectivity index (χ0) is 6.08. The van der Waals surface area contributed by atoms with Crippen LogP contribution < -0.4 is 0 Å². The predicted molar refractivity (Wildman–Crippen MR) is 16.3 cm³/mol. The Balaban J connectivity index is 4.43. The van der Waals surface area contributed by atoms with Crippen molar-refractivity contribution in [3.05, 3.63) is 0 Å². The Bertz CT molecular complexity index is 164. The quantitative estimate of drug-likeness (QED) is 0.186. The topological polar surface area (TPSA) is 101 Å². The Labute approximate surface area is 39.3 Å². The average Bonchev–Trinajstić information content (AvgIpc) is 1.31. The van der Waals surface area contributed by atoms with Crippen LogP contribution in [-0.4, -0.2) is 22.4 Å². The van der Waals surface area contributed by atoms with Gasteiger partial charge in [0.05, 0.1) is 0 Å². The number of hydrogen-bond acceptors (Lipinski definition) is 3. The summed E-state index contributed by atoms with van der Waals surface area (Å²) in [5, 5.41) is 7.55. The molecule has 0 rings (SSSR count). The minimum absolute atomic E-state index is 1.03. The second-order valence-corrected chi connectivity index (χ2v) is 1.96. The molecule has 0 unspecified atom stereocenters. The van der Waals surface area contributed by atoms with E-state index in [0.717, 1.165) is 0 Å². The number of nitrogens with one attached hydrogen (secondary N) is 1. The highest BCUT2D eigenvalue weighted by molar-refractivity contribution is 7.79. The predicted octanol–water partition coefficient (Wildman–Crippen LogP) is -0.778. The maximum absolute atomic E-state index is 9.38. The van der Waals surface area contributed by atoms with Crippen LogP contribution in [0.3, 0.4) is 0 Å². The molecule has 0 aliphatic heterocycles. The van der Waals surface area contributed by atoms with E-state index < -0.39 is 14.6 Å². The minimum atomic E-state index is -4.69. The molecule has 0 aliphatic carbocycles. The Morgan fingerprint density at radius 3 is 1.71 bits per heavy atom. The van der Waals surface area contributed by atoms with E-state index in [-0.39, 0.29) is 0 Å². The van der Waals surface area contributed by atoms with Gasteiger partial charge in [-0.1, -0.05) is 0 Å². The Morgan fingerprint density at radius 1 is 1.57 bits per heavy atom. The van der Waals surface area contributed by atoms with Crippen LogP contribution in [0.1, 0.15) is 0 Å². The van der Waals surface area contributed by atoms with E-state index in [1.54, 1.807) is 0 Å². The molecule has 6 nitrogen and oxygen atoms in total. The van der Waals surface area contributed by atoms with Gasteiger partial charge in [0, 0.05) is 5.53 Å². The lowest BCUT2D eigenvalue weighted by molar-refractivity contribution is -0.731. The monoisotopic (exact) mass is 127 g/mol. The first-order valence-electron chi connectivity index (χ1n) is 1.12. The average molecular weight is 127 g/mol. The van der Waals surface area contributed by atoms with Crippen molar-refractivity contribution < 1.29 is 22.4 Å². The second-order valence-electron chi connectivity index (χ2n) is 0.721. The molecule has 0 radical (unpaired) electrons. The lowest BCUT2D eigenvalue weighted by Gasteiger charge is -1.72. The Hall–Kier alpha value is -0.690. The molecule has 0 bridgehead atoms. The third-order valence-electron chi connectivity index (χ3n) is 0.219. The zero-order valence-electron chi connectivity index (χ0n) is 3.07. The van der Waals surface area contributed by atoms with Gasteiger partial charge in [-0.15, -0.1) is 8.42 Å². The van der Waals surface area contributed by atoms with Crippen LogP contribution >= 0.6 is 0 Å². The molecule has 0 spiro atoms. The van der Waals surface area contributed by atoms with Gasteiger partial charge in [-0.05, 0) is 0 Å². The molecule has 42 valence electrons. The van der Waals surface area contributed by atoms with Gasteiger partial charge in [-0.25, -0.2) is 9.76 Å². The van der Waals surface area contributed by atoms with Crippen LogP contribution in [-0.2, 0) is 10.3 Å². The Morgan fingerprint density at radius 2 is 1.71 bits per heavy atom. The van der Waals surface area contributed by atoms with E-state index in [0.29, 0.717) is 0 Å². The third-order valence-corrected chi connectivity index (χ3v) is 0.656. The normalized spacial score (nSPS) is 11.0. The van der Waals surface area contributed by atoms with Crippen LogP contribution in [0, 0.1) is 5.53 Å². The summed E-state index contributed by atoms with van der Waals surface area (Å²) < 4.78 is 25.3. The van der Waals surface area contributed by atoms with E-state index >= 15 is 0 Å². The van der Waals surface area contributed by atoms with Crippen molar-refractivity contribution >= 4 is 10.3 Å². The molecule has 7 heavy (non-hydrogen) atoms. The van der Waals surface area contributed by atoms with E-state index in [9.17, 15) is 8.42 Å². The number of hydrogen-bond donors (Lipinski definition) is 3. The fourth-order valence-corrected chi connectivity index (χ4v) is 0. The fraction of sp³-hybridized carbons (Fsp3) is 0. The van der Waals surface area contributed by atoms with Crippen molar-refractivity contribution in [2.24, 2.45) is 0 Å². The third kappa shape index (κ3) is 2.06. The molecule has 0 aliphatic rings. The van der Waals surface area contributed by atoms with Crippen LogP contribution in [0.25, 0.3) is 0 Å². The molecular weight excluding hydrogens is 124 g/mol. The maximum atomic E-state index is 9.38. The molecule has 0 heterocycles. The minimum Gasteiger partial charge on any atom is -0.247 e. The molecule has 0 saturated carbocycles. The van der Waals surface area contributed by atoms with Gasteiger partial charge in [0.15, 0.2) is 0 Å². The molecule has 0 atom stereocenters. The van der Waals surface area contributed by atoms with Crippen molar-refractivity contribution in [3.8, 4) is 0 Å². The van der Waals surface area contributed by atoms with E-state index in [1.807, 2.05) is 0 Å². The summed E-state index contributed by atoms with van der Waals surface area (Å²) in [5.74, 6) is 0. The molecule has 0 aromatic heterocycles. The first-order valence-corrected chi connectivity index (χ1v) is 2.52. The van der Waals surface area contributed by atoms with Crippen LogP contribution in [0.4, 0.5) is 0 Å². The summed E-state index contributed by atoms with van der Waals surface area (Å²) in [4.78, 5) is 0. The summed E-state index contributed by atoms with van der Waals surface area (Å²) in [6.07, 6.45) is 0. The first kappa shape index (κ1) is 6.31. The van der Waals surface area contributed by atoms with Gasteiger partial charge in [0.25, 0.3) is 0 Å². The SMILES string of the molecule is N=[N+](O)S(=O)(=O)O. The van der Waals surface area contributed by atoms with Gasteiger partial charge < -0.3 is 0 Å². The summed E-state index contributed by atoms with van der Waals surface area (Å²) >= 11 is 0.